The van der Waals surface area contributed by atoms with Crippen molar-refractivity contribution in [2.24, 2.45) is 0 Å². The summed E-state index contributed by atoms with van der Waals surface area (Å²) < 4.78 is 2.38. The molecule has 2 heteroatoms. The van der Waals surface area contributed by atoms with Crippen LogP contribution in [0.1, 0.15) is 0 Å². The first kappa shape index (κ1) is 38.9. The number of nitrogens with zero attached hydrogens (tertiary/aromatic N) is 2. The molecular weight excluding hydrogens is 797 g/mol. The molecule has 0 fully saturated rings. The van der Waals surface area contributed by atoms with Crippen LogP contribution >= 0.6 is 0 Å². The summed E-state index contributed by atoms with van der Waals surface area (Å²) in [4.78, 5) is 2.43. The molecule has 0 atom stereocenters. The Morgan fingerprint density at radius 3 is 1.45 bits per heavy atom. The average molecular weight is 841 g/mol. The number of hydrogen-bond acceptors (Lipinski definition) is 1. The van der Waals surface area contributed by atoms with E-state index in [9.17, 15) is 0 Å². The monoisotopic (exact) mass is 840 g/mol. The molecule has 11 aromatic carbocycles. The van der Waals surface area contributed by atoms with Crippen molar-refractivity contribution < 1.29 is 0 Å². The molecule has 0 spiro atoms. The lowest BCUT2D eigenvalue weighted by Crippen LogP contribution is -2.11. The van der Waals surface area contributed by atoms with E-state index >= 15 is 0 Å². The van der Waals surface area contributed by atoms with Gasteiger partial charge in [-0.15, -0.1) is 0 Å². The molecule has 12 rings (SSSR count). The molecule has 0 unspecified atom stereocenters. The largest absolute Gasteiger partial charge is 0.310 e. The number of aromatic nitrogens is 1. The van der Waals surface area contributed by atoms with Crippen LogP contribution in [0.5, 0.6) is 0 Å². The topological polar surface area (TPSA) is 8.17 Å². The Balaban J connectivity index is 1.01. The first-order chi connectivity index (χ1) is 32.7. The fraction of sp³-hybridized carbons (Fsp3) is 0. The van der Waals surface area contributed by atoms with Gasteiger partial charge in [-0.25, -0.2) is 0 Å². The van der Waals surface area contributed by atoms with Crippen LogP contribution in [-0.4, -0.2) is 4.57 Å². The summed E-state index contributed by atoms with van der Waals surface area (Å²) in [6, 6.07) is 97.0. The van der Waals surface area contributed by atoms with Crippen molar-refractivity contribution in [3.63, 3.8) is 0 Å². The highest BCUT2D eigenvalue weighted by atomic mass is 15.1. The van der Waals surface area contributed by atoms with Crippen molar-refractivity contribution >= 4 is 49.6 Å². The Bertz CT molecular complexity index is 3640. The number of fused-ring (bicyclic) bond motifs is 4. The minimum absolute atomic E-state index is 1.07. The molecule has 0 aliphatic heterocycles. The van der Waals surface area contributed by atoms with E-state index in [4.69, 9.17) is 0 Å². The summed E-state index contributed by atoms with van der Waals surface area (Å²) in [7, 11) is 0. The lowest BCUT2D eigenvalue weighted by atomic mass is 9.88. The molecule has 0 radical (unpaired) electrons. The standard InChI is InChI=1S/C64H44N2/c1-2-17-45(18-3-1)47-33-36-48(37-34-47)55-23-6-7-24-56(55)57-25-8-9-26-58(57)59-27-10-13-30-62(59)65(54-22-16-21-50(44-54)51-38-35-46-19-4-5-20-49(46)43-51)52-39-41-53(42-40-52)66-63-31-14-11-28-60(63)61-29-12-15-32-64(61)66/h1-44H. The van der Waals surface area contributed by atoms with E-state index in [1.807, 2.05) is 0 Å². The normalized spacial score (nSPS) is 11.3. The maximum Gasteiger partial charge on any atom is 0.0541 e. The summed E-state index contributed by atoms with van der Waals surface area (Å²) in [6.45, 7) is 0. The summed E-state index contributed by atoms with van der Waals surface area (Å²) >= 11 is 0. The van der Waals surface area contributed by atoms with Crippen molar-refractivity contribution in [1.82, 2.24) is 4.57 Å². The molecule has 1 heterocycles. The molecule has 0 amide bonds. The van der Waals surface area contributed by atoms with Crippen LogP contribution < -0.4 is 4.90 Å². The first-order valence-electron chi connectivity index (χ1n) is 22.7. The zero-order valence-corrected chi connectivity index (χ0v) is 36.3. The molecule has 66 heavy (non-hydrogen) atoms. The van der Waals surface area contributed by atoms with Crippen molar-refractivity contribution in [3.8, 4) is 61.3 Å². The van der Waals surface area contributed by atoms with Crippen LogP contribution in [0.2, 0.25) is 0 Å². The van der Waals surface area contributed by atoms with Gasteiger partial charge < -0.3 is 9.47 Å². The molecule has 0 saturated heterocycles. The van der Waals surface area contributed by atoms with E-state index in [0.717, 1.165) is 33.9 Å². The highest BCUT2D eigenvalue weighted by Crippen LogP contribution is 2.46. The highest BCUT2D eigenvalue weighted by Gasteiger charge is 2.21. The summed E-state index contributed by atoms with van der Waals surface area (Å²) in [5.41, 5.74) is 18.6. The lowest BCUT2D eigenvalue weighted by molar-refractivity contribution is 1.17. The van der Waals surface area contributed by atoms with Gasteiger partial charge in [0.2, 0.25) is 0 Å². The third-order valence-corrected chi connectivity index (χ3v) is 13.0. The smallest absolute Gasteiger partial charge is 0.0541 e. The Morgan fingerprint density at radius 2 is 0.742 bits per heavy atom. The summed E-state index contributed by atoms with van der Waals surface area (Å²) in [5.74, 6) is 0. The van der Waals surface area contributed by atoms with Crippen LogP contribution in [0.3, 0.4) is 0 Å². The van der Waals surface area contributed by atoms with Gasteiger partial charge in [0.05, 0.1) is 16.7 Å². The zero-order chi connectivity index (χ0) is 43.8. The average Bonchev–Trinajstić information content (AvgIpc) is 3.74. The van der Waals surface area contributed by atoms with Crippen LogP contribution in [0.25, 0.3) is 93.9 Å². The highest BCUT2D eigenvalue weighted by molar-refractivity contribution is 6.09. The fourth-order valence-electron chi connectivity index (χ4n) is 9.86. The lowest BCUT2D eigenvalue weighted by Gasteiger charge is -2.29. The second-order valence-corrected chi connectivity index (χ2v) is 16.9. The Morgan fingerprint density at radius 1 is 0.258 bits per heavy atom. The molecule has 0 N–H and O–H groups in total. The third kappa shape index (κ3) is 7.02. The van der Waals surface area contributed by atoms with Gasteiger partial charge in [0, 0.05) is 33.4 Å². The van der Waals surface area contributed by atoms with E-state index in [-0.39, 0.29) is 0 Å². The number of rotatable bonds is 9. The zero-order valence-electron chi connectivity index (χ0n) is 36.3. The van der Waals surface area contributed by atoms with E-state index in [1.54, 1.807) is 0 Å². The maximum absolute atomic E-state index is 2.43. The molecule has 0 aliphatic carbocycles. The fourth-order valence-corrected chi connectivity index (χ4v) is 9.86. The first-order valence-corrected chi connectivity index (χ1v) is 22.7. The van der Waals surface area contributed by atoms with Crippen molar-refractivity contribution in [2.75, 3.05) is 4.90 Å². The maximum atomic E-state index is 2.43. The third-order valence-electron chi connectivity index (χ3n) is 13.0. The molecular formula is C64H44N2. The van der Waals surface area contributed by atoms with E-state index < -0.39 is 0 Å². The summed E-state index contributed by atoms with van der Waals surface area (Å²) in [5, 5.41) is 4.97. The number of hydrogen-bond donors (Lipinski definition) is 0. The van der Waals surface area contributed by atoms with E-state index in [0.29, 0.717) is 0 Å². The van der Waals surface area contributed by atoms with Crippen molar-refractivity contribution in [3.05, 3.63) is 267 Å². The van der Waals surface area contributed by atoms with Crippen LogP contribution in [-0.2, 0) is 0 Å². The molecule has 0 bridgehead atoms. The van der Waals surface area contributed by atoms with Gasteiger partial charge in [0.15, 0.2) is 0 Å². The van der Waals surface area contributed by atoms with Gasteiger partial charge in [0.1, 0.15) is 0 Å². The molecule has 12 aromatic rings. The summed E-state index contributed by atoms with van der Waals surface area (Å²) in [6.07, 6.45) is 0. The quantitative estimate of drug-likeness (QED) is 0.141. The Kier molecular flexibility index (Phi) is 9.89. The molecule has 1 aromatic heterocycles. The van der Waals surface area contributed by atoms with E-state index in [2.05, 4.69) is 276 Å². The Labute approximate surface area is 385 Å². The second kappa shape index (κ2) is 16.8. The van der Waals surface area contributed by atoms with Crippen molar-refractivity contribution in [2.45, 2.75) is 0 Å². The minimum atomic E-state index is 1.07. The van der Waals surface area contributed by atoms with Crippen LogP contribution in [0, 0.1) is 0 Å². The Hall–Kier alpha value is -8.72. The van der Waals surface area contributed by atoms with Gasteiger partial charge in [-0.1, -0.05) is 206 Å². The molecule has 2 nitrogen and oxygen atoms in total. The number of benzene rings is 11. The molecule has 0 aliphatic rings. The van der Waals surface area contributed by atoms with Gasteiger partial charge in [0.25, 0.3) is 0 Å². The predicted octanol–water partition coefficient (Wildman–Crippen LogP) is 17.7. The SMILES string of the molecule is c1ccc(-c2ccc(-c3ccccc3-c3ccccc3-c3ccccc3N(c3ccc(-n4c5ccccc5c5ccccc54)cc3)c3cccc(-c4ccc5ccccc5c4)c3)cc2)cc1. The molecule has 0 saturated carbocycles. The minimum Gasteiger partial charge on any atom is -0.310 e. The number of anilines is 3. The van der Waals surface area contributed by atoms with E-state index in [1.165, 1.54) is 77.1 Å². The van der Waals surface area contributed by atoms with Crippen molar-refractivity contribution in [1.29, 1.82) is 0 Å². The predicted molar refractivity (Wildman–Crippen MR) is 280 cm³/mol. The van der Waals surface area contributed by atoms with Gasteiger partial charge in [-0.3, -0.25) is 0 Å². The second-order valence-electron chi connectivity index (χ2n) is 16.9. The van der Waals surface area contributed by atoms with Crippen LogP contribution in [0.4, 0.5) is 17.1 Å². The molecule has 310 valence electrons. The van der Waals surface area contributed by atoms with Crippen LogP contribution in [0.15, 0.2) is 267 Å². The van der Waals surface area contributed by atoms with Gasteiger partial charge in [-0.2, -0.15) is 0 Å². The van der Waals surface area contributed by atoms with Gasteiger partial charge in [-0.05, 0) is 122 Å². The number of para-hydroxylation sites is 3. The van der Waals surface area contributed by atoms with Gasteiger partial charge >= 0.3 is 0 Å².